The number of H-pyrrole nitrogens is 2. The third-order valence-corrected chi connectivity index (χ3v) is 10.3. The molecule has 1 aliphatic carbocycles. The third-order valence-electron chi connectivity index (χ3n) is 10.3. The van der Waals surface area contributed by atoms with E-state index < -0.39 is 24.6 Å². The first-order chi connectivity index (χ1) is 28.1. The number of likely N-dealkylation sites (tertiary alicyclic amines) is 2. The number of piperidine rings is 2. The largest absolute Gasteiger partial charge is 0.455 e. The van der Waals surface area contributed by atoms with Gasteiger partial charge in [0.25, 0.3) is 11.8 Å². The lowest BCUT2D eigenvalue weighted by Gasteiger charge is -2.31. The van der Waals surface area contributed by atoms with Gasteiger partial charge in [0.15, 0.2) is 11.3 Å². The van der Waals surface area contributed by atoms with E-state index in [1.54, 1.807) is 27.5 Å². The molecular weight excluding hydrogens is 783 g/mol. The zero-order chi connectivity index (χ0) is 42.3. The number of fused-ring (bicyclic) bond motifs is 2. The average Bonchev–Trinajstić information content (AvgIpc) is 3.80. The molecule has 2 saturated heterocycles. The van der Waals surface area contributed by atoms with Crippen molar-refractivity contribution < 1.29 is 41.1 Å². The molecule has 316 valence electrons. The van der Waals surface area contributed by atoms with E-state index in [4.69, 9.17) is 0 Å². The van der Waals surface area contributed by atoms with Gasteiger partial charge in [-0.05, 0) is 50.2 Å². The van der Waals surface area contributed by atoms with Crippen LogP contribution in [0.15, 0.2) is 50.1 Å². The summed E-state index contributed by atoms with van der Waals surface area (Å²) in [5, 5.41) is 11.1. The number of amides is 4. The number of hydrogen-bond donors (Lipinski definition) is 6. The molecule has 0 radical (unpaired) electrons. The number of nitrogens with one attached hydrogen (secondary N) is 6. The number of aromatic nitrogens is 6. The number of anilines is 2. The lowest BCUT2D eigenvalue weighted by molar-refractivity contribution is -0.278. The predicted octanol–water partition coefficient (Wildman–Crippen LogP) is 4.55. The topological polar surface area (TPSA) is 206 Å². The van der Waals surface area contributed by atoms with Gasteiger partial charge in [-0.25, -0.2) is 19.9 Å². The minimum Gasteiger partial charge on any atom is -0.366 e. The van der Waals surface area contributed by atoms with Crippen LogP contribution in [0.3, 0.4) is 0 Å². The number of nitrogens with zero attached hydrogens (tertiary/aromatic N) is 6. The summed E-state index contributed by atoms with van der Waals surface area (Å²) < 4.78 is 62.9. The van der Waals surface area contributed by atoms with Crippen molar-refractivity contribution >= 4 is 57.6 Å². The number of rotatable bonds is 13. The van der Waals surface area contributed by atoms with Crippen LogP contribution in [-0.4, -0.2) is 127 Å². The molecular formula is C38H45F5N12O4. The van der Waals surface area contributed by atoms with Gasteiger partial charge in [-0.2, -0.15) is 22.0 Å². The van der Waals surface area contributed by atoms with Crippen molar-refractivity contribution in [3.63, 3.8) is 0 Å². The van der Waals surface area contributed by atoms with Crippen LogP contribution in [0.4, 0.5) is 33.6 Å². The van der Waals surface area contributed by atoms with Gasteiger partial charge >= 0.3 is 12.1 Å². The molecule has 6 heterocycles. The maximum absolute atomic E-state index is 13.1. The molecule has 0 spiro atoms. The smallest absolute Gasteiger partial charge is 0.366 e. The summed E-state index contributed by atoms with van der Waals surface area (Å²) in [4.78, 5) is 74.4. The van der Waals surface area contributed by atoms with Gasteiger partial charge in [0.1, 0.15) is 22.7 Å². The molecule has 0 aromatic carbocycles. The number of halogens is 5. The van der Waals surface area contributed by atoms with Crippen LogP contribution >= 0.6 is 0 Å². The summed E-state index contributed by atoms with van der Waals surface area (Å²) in [5.41, 5.74) is 1.68. The van der Waals surface area contributed by atoms with Gasteiger partial charge in [-0.3, -0.25) is 19.2 Å². The molecule has 7 rings (SSSR count). The van der Waals surface area contributed by atoms with Crippen LogP contribution in [0.1, 0.15) is 65.7 Å². The van der Waals surface area contributed by atoms with E-state index in [9.17, 15) is 41.1 Å². The summed E-state index contributed by atoms with van der Waals surface area (Å²) >= 11 is 0. The highest BCUT2D eigenvalue weighted by Gasteiger charge is 2.57. The Labute approximate surface area is 334 Å². The van der Waals surface area contributed by atoms with Gasteiger partial charge in [0.05, 0.1) is 30.1 Å². The zero-order valence-electron chi connectivity index (χ0n) is 32.0. The number of carbonyl (C=O) groups is 4. The molecule has 59 heavy (non-hydrogen) atoms. The fourth-order valence-corrected chi connectivity index (χ4v) is 6.71. The molecule has 21 heteroatoms. The molecule has 3 fully saturated rings. The Kier molecular flexibility index (Phi) is 13.1. The van der Waals surface area contributed by atoms with Crippen molar-refractivity contribution in [1.82, 2.24) is 50.3 Å². The standard InChI is InChI=1S/C20H26N6O2.C18H19F5N6O2/c1-2-17(27)26-9-6-14(7-10-26)24-16-12-23-19-18(25-16)15(11-22-19)20(28)21-8-5-13-3-4-13;1-2-13(30)29-5-3-10(4-6-29)27-12-8-25-15-14(28-12)11(7-24-15)16(31)26-9-17(19,20)18(21,22)23/h2,11-14H,1,3-10H2,(H,21,28)(H,22,23)(H,24,25);2,7-8,10H,1,3-6,9H2,(H,24,25)(H,26,31)(H,27,28). The molecule has 4 aromatic heterocycles. The van der Waals surface area contributed by atoms with Crippen molar-refractivity contribution in [2.45, 2.75) is 69.1 Å². The SMILES string of the molecule is C=CC(=O)N1CCC(Nc2cnc3[nH]cc(C(=O)NCC(F)(F)C(F)(F)F)c3n2)CC1.C=CC(=O)N1CCC(Nc2cnc3[nH]cc(C(=O)NCCC4CC4)c3n2)CC1. The molecule has 4 aromatic rings. The zero-order valence-corrected chi connectivity index (χ0v) is 32.0. The average molecular weight is 829 g/mol. The number of carbonyl (C=O) groups excluding carboxylic acids is 4. The van der Waals surface area contributed by atoms with Crippen molar-refractivity contribution in [3.05, 3.63) is 61.2 Å². The van der Waals surface area contributed by atoms with Crippen molar-refractivity contribution in [1.29, 1.82) is 0 Å². The van der Waals surface area contributed by atoms with E-state index >= 15 is 0 Å². The van der Waals surface area contributed by atoms with Gasteiger partial charge < -0.3 is 41.0 Å². The Bertz CT molecular complexity index is 2170. The Morgan fingerprint density at radius 1 is 0.712 bits per heavy atom. The number of aromatic amines is 2. The van der Waals surface area contributed by atoms with E-state index in [0.29, 0.717) is 73.9 Å². The summed E-state index contributed by atoms with van der Waals surface area (Å²) in [7, 11) is 0. The molecule has 1 saturated carbocycles. The summed E-state index contributed by atoms with van der Waals surface area (Å²) in [6.45, 7) is 8.21. The molecule has 16 nitrogen and oxygen atoms in total. The van der Waals surface area contributed by atoms with E-state index in [2.05, 4.69) is 59.0 Å². The summed E-state index contributed by atoms with van der Waals surface area (Å²) in [5.74, 6) is -4.76. The number of alkyl halides is 5. The first kappa shape index (κ1) is 42.5. The van der Waals surface area contributed by atoms with Crippen LogP contribution in [-0.2, 0) is 9.59 Å². The summed E-state index contributed by atoms with van der Waals surface area (Å²) in [6.07, 6.45) is 9.24. The highest BCUT2D eigenvalue weighted by Crippen LogP contribution is 2.35. The molecule has 3 aliphatic rings. The Hall–Kier alpha value is -6.15. The minimum atomic E-state index is -5.77. The monoisotopic (exact) mass is 828 g/mol. The van der Waals surface area contributed by atoms with Crippen LogP contribution in [0.25, 0.3) is 22.3 Å². The first-order valence-electron chi connectivity index (χ1n) is 19.2. The van der Waals surface area contributed by atoms with Gasteiger partial charge in [-0.1, -0.05) is 26.0 Å². The van der Waals surface area contributed by atoms with Gasteiger partial charge in [-0.15, -0.1) is 0 Å². The van der Waals surface area contributed by atoms with E-state index in [1.807, 2.05) is 0 Å². The molecule has 0 unspecified atom stereocenters. The fraction of sp³-hybridized carbons (Fsp3) is 0.474. The lowest BCUT2D eigenvalue weighted by Crippen LogP contribution is -2.46. The molecule has 6 N–H and O–H groups in total. The molecule has 0 atom stereocenters. The summed E-state index contributed by atoms with van der Waals surface area (Å²) in [6, 6.07) is 0.192. The van der Waals surface area contributed by atoms with Crippen LogP contribution < -0.4 is 21.3 Å². The highest BCUT2D eigenvalue weighted by molar-refractivity contribution is 6.05. The third kappa shape index (κ3) is 10.7. The number of hydrogen-bond acceptors (Lipinski definition) is 10. The van der Waals surface area contributed by atoms with E-state index in [-0.39, 0.29) is 46.5 Å². The van der Waals surface area contributed by atoms with Gasteiger partial charge in [0, 0.05) is 57.2 Å². The molecule has 0 bridgehead atoms. The van der Waals surface area contributed by atoms with Crippen LogP contribution in [0.5, 0.6) is 0 Å². The maximum atomic E-state index is 13.1. The lowest BCUT2D eigenvalue weighted by atomic mass is 10.1. The molecule has 4 amide bonds. The van der Waals surface area contributed by atoms with Crippen molar-refractivity contribution in [2.24, 2.45) is 5.92 Å². The minimum absolute atomic E-state index is 0.0238. The van der Waals surface area contributed by atoms with Gasteiger partial charge in [0.2, 0.25) is 11.8 Å². The second-order valence-corrected chi connectivity index (χ2v) is 14.6. The highest BCUT2D eigenvalue weighted by atomic mass is 19.4. The Balaban J connectivity index is 0.000000199. The second kappa shape index (κ2) is 18.2. The Morgan fingerprint density at radius 3 is 1.56 bits per heavy atom. The van der Waals surface area contributed by atoms with Crippen molar-refractivity contribution in [3.8, 4) is 0 Å². The van der Waals surface area contributed by atoms with E-state index in [0.717, 1.165) is 31.4 Å². The first-order valence-corrected chi connectivity index (χ1v) is 19.2. The van der Waals surface area contributed by atoms with Crippen molar-refractivity contribution in [2.75, 3.05) is 49.9 Å². The quantitative estimate of drug-likeness (QED) is 0.0820. The fourth-order valence-electron chi connectivity index (χ4n) is 6.71. The van der Waals surface area contributed by atoms with Crippen LogP contribution in [0.2, 0.25) is 0 Å². The second-order valence-electron chi connectivity index (χ2n) is 14.6. The Morgan fingerprint density at radius 2 is 1.15 bits per heavy atom. The maximum Gasteiger partial charge on any atom is 0.455 e. The van der Waals surface area contributed by atoms with Crippen LogP contribution in [0, 0.1) is 5.92 Å². The molecule has 2 aliphatic heterocycles. The van der Waals surface area contributed by atoms with E-state index in [1.165, 1.54) is 31.2 Å². The predicted molar refractivity (Wildman–Crippen MR) is 208 cm³/mol. The normalized spacial score (nSPS) is 16.6.